The van der Waals surface area contributed by atoms with Crippen LogP contribution in [0.4, 0.5) is 0 Å². The van der Waals surface area contributed by atoms with Crippen molar-refractivity contribution in [3.63, 3.8) is 0 Å². The third-order valence-electron chi connectivity index (χ3n) is 3.30. The van der Waals surface area contributed by atoms with Gasteiger partial charge in [0.05, 0.1) is 11.1 Å². The molecule has 1 nitrogen and oxygen atoms in total. The summed E-state index contributed by atoms with van der Waals surface area (Å²) in [6.07, 6.45) is 0. The van der Waals surface area contributed by atoms with Gasteiger partial charge in [0, 0.05) is 9.58 Å². The highest BCUT2D eigenvalue weighted by atomic mass is 35.5. The molecule has 3 rings (SSSR count). The number of benzene rings is 1. The van der Waals surface area contributed by atoms with Crippen molar-refractivity contribution >= 4 is 44.4 Å². The van der Waals surface area contributed by atoms with E-state index in [1.54, 1.807) is 22.7 Å². The average molecular weight is 308 g/mol. The van der Waals surface area contributed by atoms with Crippen molar-refractivity contribution in [1.29, 1.82) is 0 Å². The number of rotatable bonds is 3. The van der Waals surface area contributed by atoms with Crippen molar-refractivity contribution in [2.24, 2.45) is 0 Å². The van der Waals surface area contributed by atoms with E-state index in [9.17, 15) is 0 Å². The molecule has 4 heteroatoms. The molecule has 0 aliphatic heterocycles. The van der Waals surface area contributed by atoms with E-state index in [1.807, 2.05) is 7.05 Å². The molecule has 1 N–H and O–H groups in total. The Morgan fingerprint density at radius 1 is 1.21 bits per heavy atom. The maximum Gasteiger partial charge on any atom is 0.0697 e. The molecule has 2 heterocycles. The minimum absolute atomic E-state index is 0.161. The largest absolute Gasteiger partial charge is 0.309 e. The quantitative estimate of drug-likeness (QED) is 0.698. The van der Waals surface area contributed by atoms with Crippen molar-refractivity contribution in [1.82, 2.24) is 5.32 Å². The van der Waals surface area contributed by atoms with Gasteiger partial charge in [-0.05, 0) is 47.3 Å². The van der Waals surface area contributed by atoms with Crippen LogP contribution in [0.15, 0.2) is 35.0 Å². The maximum absolute atomic E-state index is 6.43. The summed E-state index contributed by atoms with van der Waals surface area (Å²) < 4.78 is 1.34. The summed E-state index contributed by atoms with van der Waals surface area (Å²) >= 11 is 9.94. The second kappa shape index (κ2) is 5.25. The van der Waals surface area contributed by atoms with Gasteiger partial charge in [0.2, 0.25) is 0 Å². The van der Waals surface area contributed by atoms with E-state index in [4.69, 9.17) is 11.6 Å². The number of hydrogen-bond donors (Lipinski definition) is 1. The van der Waals surface area contributed by atoms with Crippen LogP contribution in [0.25, 0.3) is 10.1 Å². The zero-order valence-corrected chi connectivity index (χ0v) is 13.1. The molecule has 98 valence electrons. The van der Waals surface area contributed by atoms with Gasteiger partial charge in [0.1, 0.15) is 0 Å². The van der Waals surface area contributed by atoms with E-state index in [0.717, 1.165) is 10.6 Å². The molecule has 3 aromatic rings. The lowest BCUT2D eigenvalue weighted by atomic mass is 10.0. The van der Waals surface area contributed by atoms with Crippen LogP contribution in [0.2, 0.25) is 5.02 Å². The Morgan fingerprint density at radius 2 is 2.05 bits per heavy atom. The normalized spacial score (nSPS) is 13.0. The summed E-state index contributed by atoms with van der Waals surface area (Å²) in [4.78, 5) is 1.20. The van der Waals surface area contributed by atoms with E-state index in [0.29, 0.717) is 0 Å². The Bertz CT molecular complexity index is 714. The molecule has 0 bridgehead atoms. The highest BCUT2D eigenvalue weighted by molar-refractivity contribution is 7.17. The Hall–Kier alpha value is -0.870. The highest BCUT2D eigenvalue weighted by Gasteiger charge is 2.20. The smallest absolute Gasteiger partial charge is 0.0697 e. The van der Waals surface area contributed by atoms with Gasteiger partial charge >= 0.3 is 0 Å². The number of nitrogens with one attached hydrogen (secondary N) is 1. The lowest BCUT2D eigenvalue weighted by Gasteiger charge is -2.17. The van der Waals surface area contributed by atoms with Gasteiger partial charge < -0.3 is 5.32 Å². The van der Waals surface area contributed by atoms with Crippen LogP contribution in [0.1, 0.15) is 22.0 Å². The monoisotopic (exact) mass is 307 g/mol. The van der Waals surface area contributed by atoms with Crippen LogP contribution in [0, 0.1) is 6.92 Å². The first-order chi connectivity index (χ1) is 9.22. The molecular weight excluding hydrogens is 294 g/mol. The summed E-state index contributed by atoms with van der Waals surface area (Å²) in [6, 6.07) is 8.78. The van der Waals surface area contributed by atoms with Crippen molar-refractivity contribution in [3.8, 4) is 0 Å². The fourth-order valence-electron chi connectivity index (χ4n) is 2.32. The third kappa shape index (κ3) is 2.21. The Labute approximate surface area is 125 Å². The summed E-state index contributed by atoms with van der Waals surface area (Å²) in [6.45, 7) is 2.06. The molecule has 1 unspecified atom stereocenters. The first-order valence-electron chi connectivity index (χ1n) is 6.09. The van der Waals surface area contributed by atoms with E-state index in [2.05, 4.69) is 47.3 Å². The molecule has 0 amide bonds. The van der Waals surface area contributed by atoms with Crippen LogP contribution >= 0.6 is 34.3 Å². The highest BCUT2D eigenvalue weighted by Crippen LogP contribution is 2.39. The second-order valence-corrected chi connectivity index (χ2v) is 6.71. The summed E-state index contributed by atoms with van der Waals surface area (Å²) in [7, 11) is 1.99. The Balaban J connectivity index is 2.17. The molecule has 0 aliphatic rings. The molecule has 2 aromatic heterocycles. The molecule has 0 saturated carbocycles. The van der Waals surface area contributed by atoms with Crippen LogP contribution in [-0.4, -0.2) is 7.05 Å². The summed E-state index contributed by atoms with van der Waals surface area (Å²) in [5.41, 5.74) is 2.46. The predicted molar refractivity (Wildman–Crippen MR) is 86.8 cm³/mol. The van der Waals surface area contributed by atoms with Crippen LogP contribution in [-0.2, 0) is 0 Å². The van der Waals surface area contributed by atoms with Gasteiger partial charge in [-0.2, -0.15) is 0 Å². The Kier molecular flexibility index (Phi) is 3.63. The fraction of sp³-hybridized carbons (Fsp3) is 0.200. The topological polar surface area (TPSA) is 12.0 Å². The zero-order valence-electron chi connectivity index (χ0n) is 10.7. The van der Waals surface area contributed by atoms with Crippen molar-refractivity contribution < 1.29 is 0 Å². The van der Waals surface area contributed by atoms with Crippen LogP contribution < -0.4 is 5.32 Å². The molecule has 1 aromatic carbocycles. The lowest BCUT2D eigenvalue weighted by Crippen LogP contribution is -2.16. The van der Waals surface area contributed by atoms with Gasteiger partial charge in [-0.15, -0.1) is 22.7 Å². The maximum atomic E-state index is 6.43. The molecule has 0 radical (unpaired) electrons. The Morgan fingerprint density at radius 3 is 2.74 bits per heavy atom. The second-order valence-electron chi connectivity index (χ2n) is 4.50. The molecular formula is C15H14ClNS2. The average Bonchev–Trinajstić information content (AvgIpc) is 3.01. The molecule has 0 fully saturated rings. The van der Waals surface area contributed by atoms with Crippen molar-refractivity contribution in [3.05, 3.63) is 56.1 Å². The van der Waals surface area contributed by atoms with E-state index < -0.39 is 0 Å². The van der Waals surface area contributed by atoms with E-state index >= 15 is 0 Å². The van der Waals surface area contributed by atoms with Gasteiger partial charge in [-0.25, -0.2) is 0 Å². The number of fused-ring (bicyclic) bond motifs is 1. The van der Waals surface area contributed by atoms with Gasteiger partial charge in [-0.1, -0.05) is 29.8 Å². The van der Waals surface area contributed by atoms with Crippen molar-refractivity contribution in [2.45, 2.75) is 13.0 Å². The summed E-state index contributed by atoms with van der Waals surface area (Å²) in [5, 5.41) is 9.85. The lowest BCUT2D eigenvalue weighted by molar-refractivity contribution is 0.710. The fourth-order valence-corrected chi connectivity index (χ4v) is 4.69. The molecule has 0 saturated heterocycles. The third-order valence-corrected chi connectivity index (χ3v) is 6.05. The predicted octanol–water partition coefficient (Wildman–Crippen LogP) is 5.23. The molecule has 1 atom stereocenters. The van der Waals surface area contributed by atoms with E-state index in [-0.39, 0.29) is 6.04 Å². The first kappa shape index (κ1) is 13.1. The van der Waals surface area contributed by atoms with Crippen LogP contribution in [0.3, 0.4) is 0 Å². The minimum atomic E-state index is 0.161. The summed E-state index contributed by atoms with van der Waals surface area (Å²) in [5.74, 6) is 0. The van der Waals surface area contributed by atoms with Gasteiger partial charge in [0.25, 0.3) is 0 Å². The van der Waals surface area contributed by atoms with Crippen molar-refractivity contribution in [2.75, 3.05) is 7.05 Å². The van der Waals surface area contributed by atoms with E-state index in [1.165, 1.54) is 20.5 Å². The van der Waals surface area contributed by atoms with Gasteiger partial charge in [-0.3, -0.25) is 0 Å². The minimum Gasteiger partial charge on any atom is -0.309 e. The van der Waals surface area contributed by atoms with Crippen LogP contribution in [0.5, 0.6) is 0 Å². The molecule has 0 spiro atoms. The first-order valence-corrected chi connectivity index (χ1v) is 8.23. The number of thiophene rings is 2. The molecule has 19 heavy (non-hydrogen) atoms. The number of hydrogen-bond acceptors (Lipinski definition) is 3. The standard InChI is InChI=1S/C15H14ClNS2/c1-9-8-19-15(12(9)16)13(17-2)11-5-3-4-10-6-7-18-14(10)11/h3-8,13,17H,1-2H3. The van der Waals surface area contributed by atoms with Gasteiger partial charge in [0.15, 0.2) is 0 Å². The number of halogens is 1. The zero-order chi connectivity index (χ0) is 13.4. The SMILES string of the molecule is CNC(c1scc(C)c1Cl)c1cccc2ccsc12. The number of aryl methyl sites for hydroxylation is 1. The molecule has 0 aliphatic carbocycles.